The monoisotopic (exact) mass is 278 g/mol. The molecular weight excluding hydrogens is 256 g/mol. The highest BCUT2D eigenvalue weighted by molar-refractivity contribution is 5.35. The summed E-state index contributed by atoms with van der Waals surface area (Å²) in [6.45, 7) is 6.07. The van der Waals surface area contributed by atoms with E-state index < -0.39 is 0 Å². The molecule has 110 valence electrons. The van der Waals surface area contributed by atoms with E-state index in [0.29, 0.717) is 25.1 Å². The maximum absolute atomic E-state index is 5.83. The fourth-order valence-electron chi connectivity index (χ4n) is 2.72. The van der Waals surface area contributed by atoms with E-state index in [-0.39, 0.29) is 0 Å². The van der Waals surface area contributed by atoms with Gasteiger partial charge in [0.1, 0.15) is 5.82 Å². The normalized spacial score (nSPS) is 21.1. The SMILES string of the molecule is Nc1nc(CN2CCCCC2)nc(N2CCOCC2)n1. The van der Waals surface area contributed by atoms with Crippen LogP contribution in [-0.4, -0.2) is 59.2 Å². The number of nitrogens with zero attached hydrogens (tertiary/aromatic N) is 5. The van der Waals surface area contributed by atoms with E-state index >= 15 is 0 Å². The van der Waals surface area contributed by atoms with E-state index in [0.717, 1.165) is 38.5 Å². The van der Waals surface area contributed by atoms with E-state index in [1.807, 2.05) is 0 Å². The highest BCUT2D eigenvalue weighted by Crippen LogP contribution is 2.14. The van der Waals surface area contributed by atoms with Crippen molar-refractivity contribution in [2.45, 2.75) is 25.8 Å². The molecule has 0 amide bonds. The van der Waals surface area contributed by atoms with Gasteiger partial charge < -0.3 is 15.4 Å². The minimum atomic E-state index is 0.313. The topological polar surface area (TPSA) is 80.4 Å². The standard InChI is InChI=1S/C13H22N6O/c14-12-15-11(10-18-4-2-1-3-5-18)16-13(17-12)19-6-8-20-9-7-19/h1-10H2,(H2,14,15,16,17). The zero-order chi connectivity index (χ0) is 13.8. The number of hydrogen-bond donors (Lipinski definition) is 1. The van der Waals surface area contributed by atoms with Gasteiger partial charge in [-0.05, 0) is 25.9 Å². The highest BCUT2D eigenvalue weighted by atomic mass is 16.5. The summed E-state index contributed by atoms with van der Waals surface area (Å²) in [6, 6.07) is 0. The number of ether oxygens (including phenoxy) is 1. The number of hydrogen-bond acceptors (Lipinski definition) is 7. The lowest BCUT2D eigenvalue weighted by Gasteiger charge is -2.28. The van der Waals surface area contributed by atoms with Crippen LogP contribution in [0.2, 0.25) is 0 Å². The van der Waals surface area contributed by atoms with Crippen molar-refractivity contribution in [1.82, 2.24) is 19.9 Å². The predicted molar refractivity (Wildman–Crippen MR) is 76.4 cm³/mol. The van der Waals surface area contributed by atoms with Crippen LogP contribution in [0.25, 0.3) is 0 Å². The lowest BCUT2D eigenvalue weighted by molar-refractivity contribution is 0.122. The third-order valence-electron chi connectivity index (χ3n) is 3.79. The molecular formula is C13H22N6O. The fraction of sp³-hybridized carbons (Fsp3) is 0.769. The van der Waals surface area contributed by atoms with Crippen molar-refractivity contribution < 1.29 is 4.74 Å². The molecule has 3 heterocycles. The maximum Gasteiger partial charge on any atom is 0.230 e. The van der Waals surface area contributed by atoms with Gasteiger partial charge in [-0.15, -0.1) is 0 Å². The third kappa shape index (κ3) is 3.34. The summed E-state index contributed by atoms with van der Waals surface area (Å²) in [7, 11) is 0. The van der Waals surface area contributed by atoms with Gasteiger partial charge in [-0.1, -0.05) is 6.42 Å². The van der Waals surface area contributed by atoms with Gasteiger partial charge in [0.25, 0.3) is 0 Å². The molecule has 3 rings (SSSR count). The van der Waals surface area contributed by atoms with E-state index in [1.165, 1.54) is 19.3 Å². The summed E-state index contributed by atoms with van der Waals surface area (Å²) in [6.07, 6.45) is 3.85. The van der Waals surface area contributed by atoms with Crippen molar-refractivity contribution >= 4 is 11.9 Å². The predicted octanol–water partition coefficient (Wildman–Crippen LogP) is 0.276. The first-order chi connectivity index (χ1) is 9.81. The molecule has 0 bridgehead atoms. The molecule has 2 saturated heterocycles. The average molecular weight is 278 g/mol. The second kappa shape index (κ2) is 6.32. The van der Waals surface area contributed by atoms with Crippen LogP contribution in [0.1, 0.15) is 25.1 Å². The van der Waals surface area contributed by atoms with Gasteiger partial charge in [-0.3, -0.25) is 4.90 Å². The molecule has 0 unspecified atom stereocenters. The number of piperidine rings is 1. The number of morpholine rings is 1. The second-order valence-electron chi connectivity index (χ2n) is 5.35. The van der Waals surface area contributed by atoms with Crippen LogP contribution in [0, 0.1) is 0 Å². The van der Waals surface area contributed by atoms with Gasteiger partial charge in [-0.25, -0.2) is 0 Å². The van der Waals surface area contributed by atoms with E-state index in [2.05, 4.69) is 24.8 Å². The Morgan fingerprint density at radius 3 is 2.45 bits per heavy atom. The largest absolute Gasteiger partial charge is 0.378 e. The summed E-state index contributed by atoms with van der Waals surface area (Å²) >= 11 is 0. The minimum absolute atomic E-state index is 0.313. The second-order valence-corrected chi connectivity index (χ2v) is 5.35. The van der Waals surface area contributed by atoms with Gasteiger partial charge >= 0.3 is 0 Å². The minimum Gasteiger partial charge on any atom is -0.378 e. The Balaban J connectivity index is 1.71. The molecule has 0 spiro atoms. The lowest BCUT2D eigenvalue weighted by atomic mass is 10.1. The highest BCUT2D eigenvalue weighted by Gasteiger charge is 2.17. The molecule has 2 aliphatic rings. The summed E-state index contributed by atoms with van der Waals surface area (Å²) in [4.78, 5) is 17.6. The van der Waals surface area contributed by atoms with Crippen molar-refractivity contribution in [2.24, 2.45) is 0 Å². The molecule has 2 N–H and O–H groups in total. The molecule has 7 nitrogen and oxygen atoms in total. The fourth-order valence-corrected chi connectivity index (χ4v) is 2.72. The van der Waals surface area contributed by atoms with Crippen molar-refractivity contribution in [3.05, 3.63) is 5.82 Å². The van der Waals surface area contributed by atoms with Gasteiger partial charge in [0.2, 0.25) is 11.9 Å². The van der Waals surface area contributed by atoms with Crippen LogP contribution in [0.4, 0.5) is 11.9 Å². The Morgan fingerprint density at radius 1 is 0.950 bits per heavy atom. The van der Waals surface area contributed by atoms with Crippen LogP contribution in [0.3, 0.4) is 0 Å². The first-order valence-corrected chi connectivity index (χ1v) is 7.37. The molecule has 0 aliphatic carbocycles. The maximum atomic E-state index is 5.83. The van der Waals surface area contributed by atoms with Gasteiger partial charge in [0, 0.05) is 13.1 Å². The van der Waals surface area contributed by atoms with Gasteiger partial charge in [-0.2, -0.15) is 15.0 Å². The molecule has 0 saturated carbocycles. The van der Waals surface area contributed by atoms with Crippen LogP contribution in [0.5, 0.6) is 0 Å². The van der Waals surface area contributed by atoms with E-state index in [1.54, 1.807) is 0 Å². The van der Waals surface area contributed by atoms with Crippen molar-refractivity contribution in [3.8, 4) is 0 Å². The van der Waals surface area contributed by atoms with Gasteiger partial charge in [0.15, 0.2) is 0 Å². The number of nitrogens with two attached hydrogens (primary N) is 1. The summed E-state index contributed by atoms with van der Waals surface area (Å²) < 4.78 is 5.35. The Labute approximate surface area is 119 Å². The number of rotatable bonds is 3. The molecule has 1 aromatic rings. The lowest BCUT2D eigenvalue weighted by Crippen LogP contribution is -2.38. The Hall–Kier alpha value is -1.47. The number of anilines is 2. The Morgan fingerprint density at radius 2 is 1.70 bits per heavy atom. The van der Waals surface area contributed by atoms with Crippen LogP contribution < -0.4 is 10.6 Å². The van der Waals surface area contributed by atoms with E-state index in [4.69, 9.17) is 10.5 Å². The van der Waals surface area contributed by atoms with Gasteiger partial charge in [0.05, 0.1) is 19.8 Å². The zero-order valence-corrected chi connectivity index (χ0v) is 11.8. The molecule has 1 aromatic heterocycles. The molecule has 7 heteroatoms. The first kappa shape index (κ1) is 13.5. The first-order valence-electron chi connectivity index (χ1n) is 7.37. The summed E-state index contributed by atoms with van der Waals surface area (Å²) in [5, 5.41) is 0. The van der Waals surface area contributed by atoms with Crippen molar-refractivity contribution in [1.29, 1.82) is 0 Å². The van der Waals surface area contributed by atoms with Crippen LogP contribution in [-0.2, 0) is 11.3 Å². The zero-order valence-electron chi connectivity index (χ0n) is 11.8. The Bertz CT molecular complexity index is 442. The summed E-state index contributed by atoms with van der Waals surface area (Å²) in [5.41, 5.74) is 5.83. The average Bonchev–Trinajstić information content (AvgIpc) is 2.49. The molecule has 2 aliphatic heterocycles. The molecule has 0 radical (unpaired) electrons. The number of aromatic nitrogens is 3. The molecule has 20 heavy (non-hydrogen) atoms. The van der Waals surface area contributed by atoms with Crippen molar-refractivity contribution in [3.63, 3.8) is 0 Å². The van der Waals surface area contributed by atoms with E-state index in [9.17, 15) is 0 Å². The van der Waals surface area contributed by atoms with Crippen molar-refractivity contribution in [2.75, 3.05) is 50.0 Å². The summed E-state index contributed by atoms with van der Waals surface area (Å²) in [5.74, 6) is 1.78. The smallest absolute Gasteiger partial charge is 0.230 e. The molecule has 2 fully saturated rings. The third-order valence-corrected chi connectivity index (χ3v) is 3.79. The molecule has 0 atom stereocenters. The molecule has 0 aromatic carbocycles. The quantitative estimate of drug-likeness (QED) is 0.850. The number of nitrogen functional groups attached to an aromatic ring is 1. The van der Waals surface area contributed by atoms with Crippen LogP contribution >= 0.6 is 0 Å². The number of likely N-dealkylation sites (tertiary alicyclic amines) is 1. The Kier molecular flexibility index (Phi) is 4.27. The van der Waals surface area contributed by atoms with Crippen LogP contribution in [0.15, 0.2) is 0 Å².